The first-order valence-electron chi connectivity index (χ1n) is 3.46. The first-order chi connectivity index (χ1) is 5.13. The maximum atomic E-state index is 9.33. The highest BCUT2D eigenvalue weighted by Crippen LogP contribution is 2.12. The van der Waals surface area contributed by atoms with Crippen LogP contribution in [0.4, 0.5) is 0 Å². The van der Waals surface area contributed by atoms with Crippen molar-refractivity contribution in [3.05, 3.63) is 18.2 Å². The van der Waals surface area contributed by atoms with Crippen molar-refractivity contribution in [2.24, 2.45) is 7.05 Å². The monoisotopic (exact) mass is 156 g/mol. The molecular weight excluding hydrogens is 144 g/mol. The Bertz CT molecular complexity index is 232. The van der Waals surface area contributed by atoms with Crippen molar-refractivity contribution in [2.45, 2.75) is 19.1 Å². The van der Waals surface area contributed by atoms with Crippen LogP contribution in [0.5, 0.6) is 0 Å². The number of aliphatic hydroxyl groups excluding tert-OH is 2. The molecule has 2 unspecified atom stereocenters. The zero-order valence-corrected chi connectivity index (χ0v) is 6.60. The van der Waals surface area contributed by atoms with Gasteiger partial charge in [-0.05, 0) is 6.92 Å². The predicted octanol–water partition coefficient (Wildman–Crippen LogP) is -0.166. The third-order valence-corrected chi connectivity index (χ3v) is 1.58. The third kappa shape index (κ3) is 1.58. The lowest BCUT2D eigenvalue weighted by Crippen LogP contribution is -2.17. The molecule has 1 aromatic rings. The summed E-state index contributed by atoms with van der Waals surface area (Å²) in [6.45, 7) is 1.53. The quantitative estimate of drug-likeness (QED) is 0.625. The number of rotatable bonds is 2. The molecule has 0 fully saturated rings. The van der Waals surface area contributed by atoms with E-state index in [9.17, 15) is 5.11 Å². The summed E-state index contributed by atoms with van der Waals surface area (Å²) in [7, 11) is 1.77. The molecule has 0 bridgehead atoms. The Balaban J connectivity index is 2.84. The lowest BCUT2D eigenvalue weighted by molar-refractivity contribution is 0.0233. The lowest BCUT2D eigenvalue weighted by Gasteiger charge is -2.12. The van der Waals surface area contributed by atoms with Crippen LogP contribution in [0.1, 0.15) is 18.9 Å². The summed E-state index contributed by atoms with van der Waals surface area (Å²) in [6.07, 6.45) is 1.63. The van der Waals surface area contributed by atoms with Crippen LogP contribution in [0.2, 0.25) is 0 Å². The van der Waals surface area contributed by atoms with Crippen LogP contribution in [-0.4, -0.2) is 25.9 Å². The van der Waals surface area contributed by atoms with Gasteiger partial charge in [-0.15, -0.1) is 0 Å². The van der Waals surface area contributed by atoms with Crippen LogP contribution in [-0.2, 0) is 7.05 Å². The van der Waals surface area contributed by atoms with Crippen molar-refractivity contribution in [2.75, 3.05) is 0 Å². The predicted molar refractivity (Wildman–Crippen MR) is 39.8 cm³/mol. The molecule has 0 spiro atoms. The highest BCUT2D eigenvalue weighted by atomic mass is 16.3. The SMILES string of the molecule is CC(O)C(O)c1nccn1C. The van der Waals surface area contributed by atoms with E-state index in [1.807, 2.05) is 0 Å². The minimum atomic E-state index is -0.894. The fraction of sp³-hybridized carbons (Fsp3) is 0.571. The van der Waals surface area contributed by atoms with Gasteiger partial charge in [0.25, 0.3) is 0 Å². The average molecular weight is 156 g/mol. The zero-order chi connectivity index (χ0) is 8.43. The summed E-state index contributed by atoms with van der Waals surface area (Å²) in [6, 6.07) is 0. The lowest BCUT2D eigenvalue weighted by atomic mass is 10.2. The van der Waals surface area contributed by atoms with Gasteiger partial charge >= 0.3 is 0 Å². The Kier molecular flexibility index (Phi) is 2.26. The standard InChI is InChI=1S/C7H12N2O2/c1-5(10)6(11)7-8-3-4-9(7)2/h3-6,10-11H,1-2H3. The molecule has 2 atom stereocenters. The van der Waals surface area contributed by atoms with Crippen molar-refractivity contribution in [3.8, 4) is 0 Å². The van der Waals surface area contributed by atoms with Crippen molar-refractivity contribution in [1.82, 2.24) is 9.55 Å². The summed E-state index contributed by atoms with van der Waals surface area (Å²) < 4.78 is 1.68. The number of hydrogen-bond donors (Lipinski definition) is 2. The molecule has 0 aliphatic rings. The van der Waals surface area contributed by atoms with Gasteiger partial charge in [0.15, 0.2) is 0 Å². The van der Waals surface area contributed by atoms with E-state index in [0.717, 1.165) is 0 Å². The van der Waals surface area contributed by atoms with Gasteiger partial charge in [0.05, 0.1) is 6.10 Å². The van der Waals surface area contributed by atoms with E-state index in [1.165, 1.54) is 6.92 Å². The maximum Gasteiger partial charge on any atom is 0.140 e. The molecule has 62 valence electrons. The minimum Gasteiger partial charge on any atom is -0.390 e. The van der Waals surface area contributed by atoms with Crippen LogP contribution in [0.3, 0.4) is 0 Å². The molecule has 0 aliphatic heterocycles. The van der Waals surface area contributed by atoms with Crippen molar-refractivity contribution in [1.29, 1.82) is 0 Å². The second kappa shape index (κ2) is 3.02. The molecule has 0 aromatic carbocycles. The van der Waals surface area contributed by atoms with Gasteiger partial charge < -0.3 is 14.8 Å². The first kappa shape index (κ1) is 8.23. The molecule has 1 rings (SSSR count). The van der Waals surface area contributed by atoms with Crippen LogP contribution in [0.25, 0.3) is 0 Å². The van der Waals surface area contributed by atoms with E-state index in [-0.39, 0.29) is 0 Å². The fourth-order valence-corrected chi connectivity index (χ4v) is 0.878. The highest BCUT2D eigenvalue weighted by molar-refractivity contribution is 4.96. The number of nitrogens with zero attached hydrogens (tertiary/aromatic N) is 2. The van der Waals surface area contributed by atoms with Crippen molar-refractivity contribution in [3.63, 3.8) is 0 Å². The number of aliphatic hydroxyl groups is 2. The topological polar surface area (TPSA) is 58.3 Å². The second-order valence-electron chi connectivity index (χ2n) is 2.58. The normalized spacial score (nSPS) is 16.4. The van der Waals surface area contributed by atoms with Gasteiger partial charge in [-0.25, -0.2) is 4.98 Å². The molecule has 11 heavy (non-hydrogen) atoms. The summed E-state index contributed by atoms with van der Waals surface area (Å²) in [5.41, 5.74) is 0. The number of aryl methyl sites for hydroxylation is 1. The molecule has 4 heteroatoms. The zero-order valence-electron chi connectivity index (χ0n) is 6.60. The Morgan fingerprint density at radius 2 is 2.18 bits per heavy atom. The van der Waals surface area contributed by atoms with Gasteiger partial charge in [0.1, 0.15) is 11.9 Å². The Labute approximate surface area is 65.1 Å². The first-order valence-corrected chi connectivity index (χ1v) is 3.46. The van der Waals surface area contributed by atoms with Crippen LogP contribution in [0.15, 0.2) is 12.4 Å². The fourth-order valence-electron chi connectivity index (χ4n) is 0.878. The summed E-state index contributed by atoms with van der Waals surface area (Å²) in [4.78, 5) is 3.89. The Hall–Kier alpha value is -0.870. The van der Waals surface area contributed by atoms with E-state index in [1.54, 1.807) is 24.0 Å². The Morgan fingerprint density at radius 1 is 1.55 bits per heavy atom. The van der Waals surface area contributed by atoms with Gasteiger partial charge in [0, 0.05) is 19.4 Å². The summed E-state index contributed by atoms with van der Waals surface area (Å²) in [5, 5.41) is 18.3. The molecule has 0 amide bonds. The number of aromatic nitrogens is 2. The van der Waals surface area contributed by atoms with Crippen molar-refractivity contribution < 1.29 is 10.2 Å². The van der Waals surface area contributed by atoms with E-state index in [2.05, 4.69) is 4.98 Å². The highest BCUT2D eigenvalue weighted by Gasteiger charge is 2.16. The maximum absolute atomic E-state index is 9.33. The average Bonchev–Trinajstić information content (AvgIpc) is 2.33. The minimum absolute atomic E-state index is 0.486. The van der Waals surface area contributed by atoms with Gasteiger partial charge in [-0.1, -0.05) is 0 Å². The summed E-state index contributed by atoms with van der Waals surface area (Å²) >= 11 is 0. The summed E-state index contributed by atoms with van der Waals surface area (Å²) in [5.74, 6) is 0.486. The van der Waals surface area contributed by atoms with Gasteiger partial charge in [0.2, 0.25) is 0 Å². The Morgan fingerprint density at radius 3 is 2.55 bits per heavy atom. The second-order valence-corrected chi connectivity index (χ2v) is 2.58. The molecule has 4 nitrogen and oxygen atoms in total. The van der Waals surface area contributed by atoms with Crippen molar-refractivity contribution >= 4 is 0 Å². The van der Waals surface area contributed by atoms with Gasteiger partial charge in [-0.3, -0.25) is 0 Å². The molecule has 0 aliphatic carbocycles. The smallest absolute Gasteiger partial charge is 0.140 e. The molecule has 0 saturated heterocycles. The van der Waals surface area contributed by atoms with Crippen LogP contribution >= 0.6 is 0 Å². The molecule has 2 N–H and O–H groups in total. The third-order valence-electron chi connectivity index (χ3n) is 1.58. The molecule has 0 radical (unpaired) electrons. The molecule has 0 saturated carbocycles. The van der Waals surface area contributed by atoms with Gasteiger partial charge in [-0.2, -0.15) is 0 Å². The number of imidazole rings is 1. The van der Waals surface area contributed by atoms with E-state index >= 15 is 0 Å². The molecular formula is C7H12N2O2. The largest absolute Gasteiger partial charge is 0.390 e. The number of hydrogen-bond acceptors (Lipinski definition) is 3. The molecule has 1 aromatic heterocycles. The molecule has 1 heterocycles. The van der Waals surface area contributed by atoms with E-state index in [0.29, 0.717) is 5.82 Å². The van der Waals surface area contributed by atoms with E-state index in [4.69, 9.17) is 5.11 Å². The van der Waals surface area contributed by atoms with Crippen LogP contribution in [0, 0.1) is 0 Å². The van der Waals surface area contributed by atoms with E-state index < -0.39 is 12.2 Å². The van der Waals surface area contributed by atoms with Crippen LogP contribution < -0.4 is 0 Å².